The molecule has 2 aromatic rings. The van der Waals surface area contributed by atoms with Crippen molar-refractivity contribution in [3.63, 3.8) is 0 Å². The van der Waals surface area contributed by atoms with Gasteiger partial charge in [-0.15, -0.1) is 17.9 Å². The number of imide groups is 1. The van der Waals surface area contributed by atoms with Gasteiger partial charge in [0.25, 0.3) is 5.91 Å². The average Bonchev–Trinajstić information content (AvgIpc) is 3.13. The molecule has 0 radical (unpaired) electrons. The molecule has 1 aromatic carbocycles. The summed E-state index contributed by atoms with van der Waals surface area (Å²) in [4.78, 5) is 36.3. The van der Waals surface area contributed by atoms with Crippen molar-refractivity contribution in [3.05, 3.63) is 66.1 Å². The maximum atomic E-state index is 11.7. The number of carbonyl (C=O) groups excluding carboxylic acids is 3. The standard InChI is InChI=1S/C19H18N2O4S/c1-2-12-20-19(24)21-17(22)13-25-18(23)11-9-15-8-10-16(26-15)14-6-4-3-5-7-14/h2-11H,1,12-13H2,(H2,20,21,22,24)/b11-9+. The largest absolute Gasteiger partial charge is 0.452 e. The summed E-state index contributed by atoms with van der Waals surface area (Å²) in [6.07, 6.45) is 4.34. The molecule has 2 rings (SSSR count). The molecule has 1 aromatic heterocycles. The third kappa shape index (κ3) is 6.37. The van der Waals surface area contributed by atoms with E-state index in [4.69, 9.17) is 4.74 Å². The highest BCUT2D eigenvalue weighted by Gasteiger charge is 2.09. The number of carbonyl (C=O) groups is 3. The lowest BCUT2D eigenvalue weighted by Gasteiger charge is -2.04. The van der Waals surface area contributed by atoms with Crippen LogP contribution in [0.2, 0.25) is 0 Å². The molecule has 0 bridgehead atoms. The third-order valence-corrected chi connectivity index (χ3v) is 4.17. The number of rotatable bonds is 7. The normalized spacial score (nSPS) is 10.3. The fraction of sp³-hybridized carbons (Fsp3) is 0.105. The van der Waals surface area contributed by atoms with Crippen molar-refractivity contribution in [1.29, 1.82) is 0 Å². The summed E-state index contributed by atoms with van der Waals surface area (Å²) < 4.78 is 4.79. The Morgan fingerprint density at radius 2 is 1.88 bits per heavy atom. The maximum absolute atomic E-state index is 11.7. The smallest absolute Gasteiger partial charge is 0.331 e. The van der Waals surface area contributed by atoms with E-state index < -0.39 is 24.5 Å². The first-order valence-electron chi connectivity index (χ1n) is 7.77. The van der Waals surface area contributed by atoms with Crippen LogP contribution in [0.5, 0.6) is 0 Å². The van der Waals surface area contributed by atoms with E-state index in [2.05, 4.69) is 11.9 Å². The Balaban J connectivity index is 1.79. The van der Waals surface area contributed by atoms with Gasteiger partial charge < -0.3 is 10.1 Å². The minimum absolute atomic E-state index is 0.230. The molecule has 0 aliphatic rings. The van der Waals surface area contributed by atoms with Crippen LogP contribution in [0.3, 0.4) is 0 Å². The summed E-state index contributed by atoms with van der Waals surface area (Å²) >= 11 is 1.53. The van der Waals surface area contributed by atoms with Crippen LogP contribution in [0.25, 0.3) is 16.5 Å². The molecule has 3 amide bonds. The monoisotopic (exact) mass is 370 g/mol. The molecule has 0 unspecified atom stereocenters. The second-order valence-corrected chi connectivity index (χ2v) is 6.17. The van der Waals surface area contributed by atoms with Crippen LogP contribution in [0, 0.1) is 0 Å². The third-order valence-electron chi connectivity index (χ3n) is 3.07. The molecule has 0 atom stereocenters. The van der Waals surface area contributed by atoms with Gasteiger partial charge in [0.15, 0.2) is 6.61 Å². The van der Waals surface area contributed by atoms with E-state index in [9.17, 15) is 14.4 Å². The lowest BCUT2D eigenvalue weighted by atomic mass is 10.2. The summed E-state index contributed by atoms with van der Waals surface area (Å²) in [5.41, 5.74) is 1.10. The van der Waals surface area contributed by atoms with Gasteiger partial charge in [-0.05, 0) is 23.8 Å². The summed E-state index contributed by atoms with van der Waals surface area (Å²) in [7, 11) is 0. The van der Waals surface area contributed by atoms with Gasteiger partial charge in [-0.1, -0.05) is 36.4 Å². The number of thiophene rings is 1. The molecule has 26 heavy (non-hydrogen) atoms. The number of hydrogen-bond acceptors (Lipinski definition) is 5. The summed E-state index contributed by atoms with van der Waals surface area (Å²) in [6.45, 7) is 3.12. The lowest BCUT2D eigenvalue weighted by molar-refractivity contribution is -0.143. The molecule has 1 heterocycles. The van der Waals surface area contributed by atoms with Crippen LogP contribution in [0.15, 0.2) is 61.2 Å². The summed E-state index contributed by atoms with van der Waals surface area (Å²) in [5, 5.41) is 4.40. The first kappa shape index (κ1) is 19.1. The molecule has 0 aliphatic carbocycles. The number of urea groups is 1. The van der Waals surface area contributed by atoms with Gasteiger partial charge in [0.1, 0.15) is 0 Å². The Bertz CT molecular complexity index is 812. The second kappa shape index (κ2) is 9.95. The summed E-state index contributed by atoms with van der Waals surface area (Å²) in [6, 6.07) is 13.1. The number of benzene rings is 1. The Kier molecular flexibility index (Phi) is 7.32. The number of amides is 3. The molecule has 6 nitrogen and oxygen atoms in total. The molecule has 0 saturated heterocycles. The molecular formula is C19H18N2O4S. The Labute approximate surface area is 155 Å². The van der Waals surface area contributed by atoms with Gasteiger partial charge in [-0.3, -0.25) is 10.1 Å². The van der Waals surface area contributed by atoms with E-state index in [1.165, 1.54) is 23.5 Å². The topological polar surface area (TPSA) is 84.5 Å². The highest BCUT2D eigenvalue weighted by atomic mass is 32.1. The number of hydrogen-bond donors (Lipinski definition) is 2. The second-order valence-electron chi connectivity index (χ2n) is 5.06. The van der Waals surface area contributed by atoms with Gasteiger partial charge in [0.2, 0.25) is 0 Å². The predicted molar refractivity (Wildman–Crippen MR) is 101 cm³/mol. The predicted octanol–water partition coefficient (Wildman–Crippen LogP) is 2.98. The first-order chi connectivity index (χ1) is 12.6. The highest BCUT2D eigenvalue weighted by molar-refractivity contribution is 7.16. The highest BCUT2D eigenvalue weighted by Crippen LogP contribution is 2.28. The Morgan fingerprint density at radius 3 is 2.62 bits per heavy atom. The van der Waals surface area contributed by atoms with Crippen LogP contribution in [-0.2, 0) is 14.3 Å². The molecule has 0 spiro atoms. The van der Waals surface area contributed by atoms with Crippen LogP contribution in [0.1, 0.15) is 4.88 Å². The van der Waals surface area contributed by atoms with E-state index in [-0.39, 0.29) is 6.54 Å². The fourth-order valence-corrected chi connectivity index (χ4v) is 2.82. The van der Waals surface area contributed by atoms with Gasteiger partial charge in [0, 0.05) is 22.4 Å². The van der Waals surface area contributed by atoms with E-state index in [0.29, 0.717) is 0 Å². The Hall–Kier alpha value is -3.19. The molecular weight excluding hydrogens is 352 g/mol. The van der Waals surface area contributed by atoms with Crippen LogP contribution in [-0.4, -0.2) is 31.1 Å². The lowest BCUT2D eigenvalue weighted by Crippen LogP contribution is -2.41. The molecule has 7 heteroatoms. The number of esters is 1. The summed E-state index contributed by atoms with van der Waals surface area (Å²) in [5.74, 6) is -1.38. The van der Waals surface area contributed by atoms with Crippen molar-refractivity contribution in [3.8, 4) is 10.4 Å². The number of ether oxygens (including phenoxy) is 1. The van der Waals surface area contributed by atoms with Crippen molar-refractivity contribution >= 4 is 35.3 Å². The quantitative estimate of drug-likeness (QED) is 0.446. The maximum Gasteiger partial charge on any atom is 0.331 e. The fourth-order valence-electron chi connectivity index (χ4n) is 1.91. The van der Waals surface area contributed by atoms with E-state index in [1.807, 2.05) is 47.8 Å². The Morgan fingerprint density at radius 1 is 1.12 bits per heavy atom. The average molecular weight is 370 g/mol. The van der Waals surface area contributed by atoms with Crippen LogP contribution in [0.4, 0.5) is 4.79 Å². The van der Waals surface area contributed by atoms with Crippen molar-refractivity contribution in [2.75, 3.05) is 13.2 Å². The van der Waals surface area contributed by atoms with E-state index >= 15 is 0 Å². The first-order valence-corrected chi connectivity index (χ1v) is 8.59. The van der Waals surface area contributed by atoms with E-state index in [0.717, 1.165) is 15.3 Å². The van der Waals surface area contributed by atoms with Crippen molar-refractivity contribution in [1.82, 2.24) is 10.6 Å². The minimum Gasteiger partial charge on any atom is -0.452 e. The van der Waals surface area contributed by atoms with Gasteiger partial charge >= 0.3 is 12.0 Å². The zero-order chi connectivity index (χ0) is 18.8. The van der Waals surface area contributed by atoms with Gasteiger partial charge in [-0.25, -0.2) is 9.59 Å². The van der Waals surface area contributed by atoms with E-state index in [1.54, 1.807) is 6.08 Å². The molecule has 0 saturated carbocycles. The minimum atomic E-state index is -0.712. The zero-order valence-corrected chi connectivity index (χ0v) is 14.8. The van der Waals surface area contributed by atoms with Crippen molar-refractivity contribution in [2.45, 2.75) is 0 Å². The van der Waals surface area contributed by atoms with Crippen molar-refractivity contribution in [2.24, 2.45) is 0 Å². The SMILES string of the molecule is C=CCNC(=O)NC(=O)COC(=O)/C=C/c1ccc(-c2ccccc2)s1. The number of nitrogens with one attached hydrogen (secondary N) is 2. The van der Waals surface area contributed by atoms with Gasteiger partial charge in [-0.2, -0.15) is 0 Å². The molecule has 0 fully saturated rings. The van der Waals surface area contributed by atoms with Crippen LogP contribution < -0.4 is 10.6 Å². The van der Waals surface area contributed by atoms with Gasteiger partial charge in [0.05, 0.1) is 0 Å². The zero-order valence-electron chi connectivity index (χ0n) is 13.9. The molecule has 134 valence electrons. The molecule has 2 N–H and O–H groups in total. The van der Waals surface area contributed by atoms with Crippen molar-refractivity contribution < 1.29 is 19.1 Å². The molecule has 0 aliphatic heterocycles. The van der Waals surface area contributed by atoms with Crippen LogP contribution >= 0.6 is 11.3 Å².